The number of benzene rings is 2. The first kappa shape index (κ1) is 13.6. The van der Waals surface area contributed by atoms with Crippen LogP contribution < -0.4 is 10.6 Å². The van der Waals surface area contributed by atoms with E-state index in [0.29, 0.717) is 5.69 Å². The number of nitrogens with zero attached hydrogens (tertiary/aromatic N) is 2. The van der Waals surface area contributed by atoms with E-state index in [1.807, 2.05) is 23.9 Å². The fourth-order valence-electron chi connectivity index (χ4n) is 2.98. The third-order valence-corrected chi connectivity index (χ3v) is 4.39. The Hall–Kier alpha value is -3.60. The van der Waals surface area contributed by atoms with E-state index in [0.717, 1.165) is 27.6 Å². The number of fused-ring (bicyclic) bond motifs is 1. The van der Waals surface area contributed by atoms with Gasteiger partial charge in [0.05, 0.1) is 15.8 Å². The lowest BCUT2D eigenvalue weighted by Crippen LogP contribution is -2.19. The maximum atomic E-state index is 12.4. The molecule has 0 radical (unpaired) electrons. The largest absolute Gasteiger partial charge is 0.349 e. The van der Waals surface area contributed by atoms with E-state index in [4.69, 9.17) is 4.11 Å². The van der Waals surface area contributed by atoms with Crippen molar-refractivity contribution in [3.63, 3.8) is 0 Å². The first-order valence-electron chi connectivity index (χ1n) is 10.00. The Labute approximate surface area is 161 Å². The van der Waals surface area contributed by atoms with E-state index < -0.39 is 6.03 Å². The minimum absolute atomic E-state index is 0.0367. The molecule has 2 aromatic carbocycles. The summed E-state index contributed by atoms with van der Waals surface area (Å²) in [5, 5.41) is 6.20. The van der Waals surface area contributed by atoms with E-state index in [1.54, 1.807) is 49.6 Å². The molecule has 0 fully saturated rings. The summed E-state index contributed by atoms with van der Waals surface area (Å²) in [6.07, 6.45) is 5.42. The third kappa shape index (κ3) is 3.40. The molecule has 0 saturated heterocycles. The smallest absolute Gasteiger partial charge is 0.323 e. The van der Waals surface area contributed by atoms with Gasteiger partial charge in [0.15, 0.2) is 0 Å². The number of hydrogen-bond donors (Lipinski definition) is 2. The number of hydrogen-bond acceptors (Lipinski definition) is 2. The summed E-state index contributed by atoms with van der Waals surface area (Å²) in [6.45, 7) is 1.80. The second kappa shape index (κ2) is 6.96. The second-order valence-corrected chi connectivity index (χ2v) is 6.26. The maximum absolute atomic E-state index is 12.4. The first-order valence-corrected chi connectivity index (χ1v) is 8.50. The SMILES string of the molecule is [3H]c1cc(-c2cn(C)c3cnccc23)cc([3H])c1NC(=O)Nc1c([3H])cccc1C. The highest BCUT2D eigenvalue weighted by Crippen LogP contribution is 2.30. The van der Waals surface area contributed by atoms with Crippen LogP contribution in [0.1, 0.15) is 9.68 Å². The molecule has 0 atom stereocenters. The number of aryl methyl sites for hydroxylation is 2. The fourth-order valence-corrected chi connectivity index (χ4v) is 2.98. The molecule has 0 aliphatic heterocycles. The van der Waals surface area contributed by atoms with Gasteiger partial charge in [0, 0.05) is 41.8 Å². The molecule has 0 saturated carbocycles. The van der Waals surface area contributed by atoms with Gasteiger partial charge in [-0.3, -0.25) is 4.98 Å². The number of para-hydroxylation sites is 1. The van der Waals surface area contributed by atoms with Crippen molar-refractivity contribution in [1.82, 2.24) is 9.55 Å². The van der Waals surface area contributed by atoms with Crippen LogP contribution in [0.2, 0.25) is 0 Å². The van der Waals surface area contributed by atoms with E-state index in [-0.39, 0.29) is 23.8 Å². The van der Waals surface area contributed by atoms with Gasteiger partial charge in [-0.05, 0) is 42.2 Å². The lowest BCUT2D eigenvalue weighted by molar-refractivity contribution is 0.262. The molecule has 0 aliphatic carbocycles. The van der Waals surface area contributed by atoms with Crippen LogP contribution in [0.3, 0.4) is 0 Å². The first-order chi connectivity index (χ1) is 14.3. The minimum atomic E-state index is -0.594. The van der Waals surface area contributed by atoms with Gasteiger partial charge in [0.2, 0.25) is 0 Å². The van der Waals surface area contributed by atoms with Gasteiger partial charge in [-0.25, -0.2) is 4.79 Å². The molecular formula is C22H20N4O. The van der Waals surface area contributed by atoms with Gasteiger partial charge < -0.3 is 15.2 Å². The zero-order valence-corrected chi connectivity index (χ0v) is 15.0. The molecule has 5 heteroatoms. The predicted molar refractivity (Wildman–Crippen MR) is 110 cm³/mol. The summed E-state index contributed by atoms with van der Waals surface area (Å²) in [7, 11) is 1.92. The molecule has 2 aromatic heterocycles. The van der Waals surface area contributed by atoms with Gasteiger partial charge in [0.1, 0.15) is 0 Å². The number of carbonyl (C=O) groups excluding carboxylic acids is 1. The summed E-state index contributed by atoms with van der Waals surface area (Å²) in [5.41, 5.74) is 3.84. The van der Waals surface area contributed by atoms with Gasteiger partial charge >= 0.3 is 6.03 Å². The monoisotopic (exact) mass is 362 g/mol. The lowest BCUT2D eigenvalue weighted by Gasteiger charge is -2.10. The highest BCUT2D eigenvalue weighted by Gasteiger charge is 2.09. The van der Waals surface area contributed by atoms with E-state index in [2.05, 4.69) is 15.6 Å². The van der Waals surface area contributed by atoms with Crippen molar-refractivity contribution in [2.45, 2.75) is 6.92 Å². The zero-order valence-electron chi connectivity index (χ0n) is 18.0. The molecule has 2 amide bonds. The van der Waals surface area contributed by atoms with Crippen LogP contribution in [0.15, 0.2) is 73.1 Å². The standard InChI is InChI=1S/C22H20N4O/c1-15-5-3-4-6-20(15)25-22(27)24-17-9-7-16(8-10-17)19-14-26(2)21-13-23-12-11-18(19)21/h3-14H,1-2H3,(H2,24,25,27)/i6T,9T,10T. The Morgan fingerprint density at radius 3 is 2.70 bits per heavy atom. The highest BCUT2D eigenvalue weighted by atomic mass is 16.2. The molecule has 0 spiro atoms. The predicted octanol–water partition coefficient (Wildman–Crippen LogP) is 5.19. The molecule has 0 bridgehead atoms. The Bertz CT molecular complexity index is 1240. The average molecular weight is 362 g/mol. The summed E-state index contributed by atoms with van der Waals surface area (Å²) < 4.78 is 26.6. The maximum Gasteiger partial charge on any atom is 0.323 e. The Kier molecular flexibility index (Phi) is 3.50. The summed E-state index contributed by atoms with van der Waals surface area (Å²) in [4.78, 5) is 16.6. The molecule has 5 nitrogen and oxygen atoms in total. The molecule has 27 heavy (non-hydrogen) atoms. The number of nitrogens with one attached hydrogen (secondary N) is 2. The number of pyridine rings is 1. The van der Waals surface area contributed by atoms with E-state index in [9.17, 15) is 4.79 Å². The van der Waals surface area contributed by atoms with Crippen LogP contribution in [0.25, 0.3) is 22.0 Å². The lowest BCUT2D eigenvalue weighted by atomic mass is 10.1. The number of rotatable bonds is 3. The number of anilines is 2. The molecule has 0 unspecified atom stereocenters. The minimum Gasteiger partial charge on any atom is -0.349 e. The molecule has 4 aromatic rings. The average Bonchev–Trinajstić information content (AvgIpc) is 3.05. The van der Waals surface area contributed by atoms with Crippen LogP contribution in [0, 0.1) is 6.92 Å². The van der Waals surface area contributed by atoms with Crippen LogP contribution >= 0.6 is 0 Å². The van der Waals surface area contributed by atoms with Crippen molar-refractivity contribution in [1.29, 1.82) is 0 Å². The highest BCUT2D eigenvalue weighted by molar-refractivity contribution is 6.00. The van der Waals surface area contributed by atoms with Crippen LogP contribution in [0.5, 0.6) is 0 Å². The molecular weight excluding hydrogens is 336 g/mol. The molecule has 0 aliphatic rings. The van der Waals surface area contributed by atoms with E-state index >= 15 is 0 Å². The van der Waals surface area contributed by atoms with Crippen molar-refractivity contribution in [2.24, 2.45) is 7.05 Å². The van der Waals surface area contributed by atoms with Crippen molar-refractivity contribution in [3.8, 4) is 11.1 Å². The zero-order chi connectivity index (χ0) is 21.4. The van der Waals surface area contributed by atoms with Crippen molar-refractivity contribution >= 4 is 28.3 Å². The van der Waals surface area contributed by atoms with Crippen LogP contribution in [-0.2, 0) is 7.05 Å². The Morgan fingerprint density at radius 1 is 1.11 bits per heavy atom. The van der Waals surface area contributed by atoms with Gasteiger partial charge in [-0.1, -0.05) is 30.3 Å². The Morgan fingerprint density at radius 2 is 1.93 bits per heavy atom. The topological polar surface area (TPSA) is 59.0 Å². The van der Waals surface area contributed by atoms with Crippen molar-refractivity contribution < 1.29 is 8.91 Å². The summed E-state index contributed by atoms with van der Waals surface area (Å²) in [5.74, 6) is 0. The van der Waals surface area contributed by atoms with Gasteiger partial charge in [-0.15, -0.1) is 0 Å². The molecule has 4 rings (SSSR count). The van der Waals surface area contributed by atoms with E-state index in [1.165, 1.54) is 0 Å². The summed E-state index contributed by atoms with van der Waals surface area (Å²) in [6, 6.07) is 9.97. The summed E-state index contributed by atoms with van der Waals surface area (Å²) >= 11 is 0. The molecule has 2 N–H and O–H groups in total. The quantitative estimate of drug-likeness (QED) is 0.527. The third-order valence-electron chi connectivity index (χ3n) is 4.39. The number of carbonyl (C=O) groups is 1. The Balaban J connectivity index is 1.64. The number of aromatic nitrogens is 2. The molecule has 134 valence electrons. The second-order valence-electron chi connectivity index (χ2n) is 6.26. The number of amides is 2. The number of urea groups is 1. The van der Waals surface area contributed by atoms with Crippen molar-refractivity contribution in [3.05, 3.63) is 78.7 Å². The normalized spacial score (nSPS) is 12.3. The van der Waals surface area contributed by atoms with Crippen LogP contribution in [0.4, 0.5) is 16.2 Å². The van der Waals surface area contributed by atoms with Crippen molar-refractivity contribution in [2.75, 3.05) is 10.6 Å². The molecule has 2 heterocycles. The van der Waals surface area contributed by atoms with Crippen LogP contribution in [-0.4, -0.2) is 15.6 Å². The van der Waals surface area contributed by atoms with Gasteiger partial charge in [-0.2, -0.15) is 0 Å². The fraction of sp³-hybridized carbons (Fsp3) is 0.0909. The van der Waals surface area contributed by atoms with Gasteiger partial charge in [0.25, 0.3) is 0 Å².